The van der Waals surface area contributed by atoms with Gasteiger partial charge in [-0.2, -0.15) is 0 Å². The van der Waals surface area contributed by atoms with Crippen LogP contribution in [0.2, 0.25) is 0 Å². The lowest BCUT2D eigenvalue weighted by atomic mass is 9.95. The Morgan fingerprint density at radius 2 is 1.69 bits per heavy atom. The number of hydrogen-bond donors (Lipinski definition) is 0. The molecule has 2 amide bonds. The minimum atomic E-state index is -0.00729. The monoisotopic (exact) mass is 445 g/mol. The average molecular weight is 446 g/mol. The Morgan fingerprint density at radius 1 is 0.938 bits per heavy atom. The van der Waals surface area contributed by atoms with Crippen molar-refractivity contribution in [2.75, 3.05) is 19.6 Å². The van der Waals surface area contributed by atoms with Gasteiger partial charge >= 0.3 is 0 Å². The quantitative estimate of drug-likeness (QED) is 0.536. The van der Waals surface area contributed by atoms with Gasteiger partial charge < -0.3 is 9.80 Å². The van der Waals surface area contributed by atoms with Gasteiger partial charge in [-0.15, -0.1) is 11.3 Å². The maximum Gasteiger partial charge on any atom is 0.246 e. The van der Waals surface area contributed by atoms with Crippen LogP contribution in [0.3, 0.4) is 0 Å². The summed E-state index contributed by atoms with van der Waals surface area (Å²) >= 11 is 1.70. The Bertz CT molecular complexity index is 1100. The third-order valence-electron chi connectivity index (χ3n) is 6.51. The summed E-state index contributed by atoms with van der Waals surface area (Å²) < 4.78 is 1.18. The summed E-state index contributed by atoms with van der Waals surface area (Å²) in [6, 6.07) is 18.1. The van der Waals surface area contributed by atoms with Crippen molar-refractivity contribution in [1.29, 1.82) is 0 Å². The number of piperidine rings is 1. The summed E-state index contributed by atoms with van der Waals surface area (Å²) in [6.07, 6.45) is 6.95. The van der Waals surface area contributed by atoms with E-state index >= 15 is 0 Å². The summed E-state index contributed by atoms with van der Waals surface area (Å²) in [6.45, 7) is 2.07. The normalized spacial score (nSPS) is 19.8. The molecule has 5 rings (SSSR count). The molecule has 2 saturated heterocycles. The van der Waals surface area contributed by atoms with Gasteiger partial charge in [0.25, 0.3) is 0 Å². The average Bonchev–Trinajstić information content (AvgIpc) is 3.50. The number of benzene rings is 2. The van der Waals surface area contributed by atoms with Crippen molar-refractivity contribution in [3.8, 4) is 0 Å². The number of rotatable bonds is 4. The van der Waals surface area contributed by atoms with E-state index in [0.717, 1.165) is 48.3 Å². The zero-order valence-electron chi connectivity index (χ0n) is 18.0. The van der Waals surface area contributed by atoms with Gasteiger partial charge in [-0.05, 0) is 49.5 Å². The standard InChI is InChI=1S/C26H27N3O2S/c30-24(13-12-19-7-2-1-3-8-19)28-17-14-20(15-18-28)26(31)29-16-6-10-22(29)25-27-21-9-4-5-11-23(21)32-25/h1-5,7-9,11-13,20,22H,6,10,14-18H2. The molecule has 0 spiro atoms. The van der Waals surface area contributed by atoms with Crippen LogP contribution in [0.15, 0.2) is 60.7 Å². The second-order valence-electron chi connectivity index (χ2n) is 8.55. The van der Waals surface area contributed by atoms with Gasteiger partial charge in [-0.25, -0.2) is 4.98 Å². The molecule has 32 heavy (non-hydrogen) atoms. The molecule has 0 N–H and O–H groups in total. The van der Waals surface area contributed by atoms with E-state index < -0.39 is 0 Å². The predicted octanol–water partition coefficient (Wildman–Crippen LogP) is 4.91. The molecule has 3 aromatic rings. The molecule has 0 radical (unpaired) electrons. The number of likely N-dealkylation sites (tertiary alicyclic amines) is 2. The molecule has 1 unspecified atom stereocenters. The van der Waals surface area contributed by atoms with Crippen LogP contribution in [-0.2, 0) is 9.59 Å². The van der Waals surface area contributed by atoms with E-state index in [1.54, 1.807) is 17.4 Å². The second-order valence-corrected chi connectivity index (χ2v) is 9.62. The van der Waals surface area contributed by atoms with Crippen molar-refractivity contribution in [3.63, 3.8) is 0 Å². The van der Waals surface area contributed by atoms with Crippen LogP contribution in [0.4, 0.5) is 0 Å². The minimum Gasteiger partial charge on any atom is -0.339 e. The third-order valence-corrected chi connectivity index (χ3v) is 7.64. The Balaban J connectivity index is 1.20. The highest BCUT2D eigenvalue weighted by Crippen LogP contribution is 2.38. The molecule has 2 aromatic carbocycles. The molecule has 2 fully saturated rings. The molecule has 2 aliphatic heterocycles. The zero-order valence-corrected chi connectivity index (χ0v) is 18.8. The molecule has 0 bridgehead atoms. The lowest BCUT2D eigenvalue weighted by molar-refractivity contribution is -0.140. The van der Waals surface area contributed by atoms with Gasteiger partial charge in [-0.1, -0.05) is 42.5 Å². The van der Waals surface area contributed by atoms with Gasteiger partial charge in [0.1, 0.15) is 5.01 Å². The molecule has 5 nitrogen and oxygen atoms in total. The van der Waals surface area contributed by atoms with Crippen LogP contribution < -0.4 is 0 Å². The summed E-state index contributed by atoms with van der Waals surface area (Å²) in [5, 5.41) is 1.05. The van der Waals surface area contributed by atoms with Crippen molar-refractivity contribution >= 4 is 39.4 Å². The number of aromatic nitrogens is 1. The van der Waals surface area contributed by atoms with Gasteiger partial charge in [-0.3, -0.25) is 9.59 Å². The molecule has 164 valence electrons. The Morgan fingerprint density at radius 3 is 2.47 bits per heavy atom. The first-order chi connectivity index (χ1) is 15.7. The van der Waals surface area contributed by atoms with E-state index in [0.29, 0.717) is 13.1 Å². The van der Waals surface area contributed by atoms with E-state index in [1.807, 2.05) is 59.5 Å². The highest BCUT2D eigenvalue weighted by atomic mass is 32.1. The number of carbonyl (C=O) groups is 2. The lowest BCUT2D eigenvalue weighted by Gasteiger charge is -2.34. The highest BCUT2D eigenvalue weighted by molar-refractivity contribution is 7.18. The first-order valence-corrected chi connectivity index (χ1v) is 12.2. The van der Waals surface area contributed by atoms with Gasteiger partial charge in [0.05, 0.1) is 16.3 Å². The topological polar surface area (TPSA) is 53.5 Å². The molecular weight excluding hydrogens is 418 g/mol. The molecule has 0 saturated carbocycles. The third kappa shape index (κ3) is 4.32. The number of fused-ring (bicyclic) bond motifs is 1. The molecular formula is C26H27N3O2S. The number of nitrogens with zero attached hydrogens (tertiary/aromatic N) is 3. The highest BCUT2D eigenvalue weighted by Gasteiger charge is 2.37. The van der Waals surface area contributed by atoms with Crippen LogP contribution in [0.25, 0.3) is 16.3 Å². The minimum absolute atomic E-state index is 0.00729. The number of amides is 2. The van der Waals surface area contributed by atoms with Gasteiger partial charge in [0.15, 0.2) is 0 Å². The van der Waals surface area contributed by atoms with Crippen LogP contribution in [0, 0.1) is 5.92 Å². The Hall–Kier alpha value is -2.99. The van der Waals surface area contributed by atoms with Crippen molar-refractivity contribution < 1.29 is 9.59 Å². The lowest BCUT2D eigenvalue weighted by Crippen LogP contribution is -2.43. The predicted molar refractivity (Wildman–Crippen MR) is 128 cm³/mol. The summed E-state index contributed by atoms with van der Waals surface area (Å²) in [4.78, 5) is 34.7. The SMILES string of the molecule is O=C(C=Cc1ccccc1)N1CCC(C(=O)N2CCCC2c2nc3ccccc3s2)CC1. The fourth-order valence-electron chi connectivity index (χ4n) is 4.74. The van der Waals surface area contributed by atoms with E-state index in [2.05, 4.69) is 11.0 Å². The first-order valence-electron chi connectivity index (χ1n) is 11.4. The van der Waals surface area contributed by atoms with Crippen LogP contribution in [-0.4, -0.2) is 46.2 Å². The van der Waals surface area contributed by atoms with Crippen molar-refractivity contribution in [2.45, 2.75) is 31.7 Å². The number of hydrogen-bond acceptors (Lipinski definition) is 4. The maximum atomic E-state index is 13.4. The van der Waals surface area contributed by atoms with E-state index in [-0.39, 0.29) is 23.8 Å². The first kappa shape index (κ1) is 20.9. The van der Waals surface area contributed by atoms with Crippen molar-refractivity contribution in [2.24, 2.45) is 5.92 Å². The Kier molecular flexibility index (Phi) is 6.04. The number of carbonyl (C=O) groups excluding carboxylic acids is 2. The summed E-state index contributed by atoms with van der Waals surface area (Å²) in [5.41, 5.74) is 2.03. The molecule has 3 heterocycles. The summed E-state index contributed by atoms with van der Waals surface area (Å²) in [5.74, 6) is 0.249. The zero-order chi connectivity index (χ0) is 21.9. The molecule has 6 heteroatoms. The van der Waals surface area contributed by atoms with Crippen LogP contribution in [0.1, 0.15) is 42.3 Å². The second kappa shape index (κ2) is 9.25. The fraction of sp³-hybridized carbons (Fsp3) is 0.346. The van der Waals surface area contributed by atoms with Gasteiger partial charge in [0.2, 0.25) is 11.8 Å². The van der Waals surface area contributed by atoms with E-state index in [1.165, 1.54) is 4.70 Å². The number of para-hydroxylation sites is 1. The molecule has 2 aliphatic rings. The van der Waals surface area contributed by atoms with Crippen molar-refractivity contribution in [3.05, 3.63) is 71.2 Å². The number of thiazole rings is 1. The van der Waals surface area contributed by atoms with E-state index in [9.17, 15) is 9.59 Å². The largest absolute Gasteiger partial charge is 0.339 e. The summed E-state index contributed by atoms with van der Waals surface area (Å²) in [7, 11) is 0. The van der Waals surface area contributed by atoms with Gasteiger partial charge in [0, 0.05) is 31.6 Å². The smallest absolute Gasteiger partial charge is 0.246 e. The molecule has 0 aliphatic carbocycles. The fourth-order valence-corrected chi connectivity index (χ4v) is 5.85. The maximum absolute atomic E-state index is 13.4. The Labute approximate surface area is 192 Å². The van der Waals surface area contributed by atoms with Crippen LogP contribution >= 0.6 is 11.3 Å². The molecule has 1 aromatic heterocycles. The van der Waals surface area contributed by atoms with Crippen LogP contribution in [0.5, 0.6) is 0 Å². The molecule has 1 atom stereocenters. The van der Waals surface area contributed by atoms with Crippen molar-refractivity contribution in [1.82, 2.24) is 14.8 Å². The van der Waals surface area contributed by atoms with E-state index in [4.69, 9.17) is 4.98 Å².